The number of amides is 1. The Balaban J connectivity index is 2.01. The van der Waals surface area contributed by atoms with Crippen molar-refractivity contribution in [2.45, 2.75) is 38.4 Å². The lowest BCUT2D eigenvalue weighted by Gasteiger charge is -2.13. The summed E-state index contributed by atoms with van der Waals surface area (Å²) in [6, 6.07) is 7.39. The first-order valence-corrected chi connectivity index (χ1v) is 6.01. The second kappa shape index (κ2) is 5.80. The fourth-order valence-electron chi connectivity index (χ4n) is 2.21. The van der Waals surface area contributed by atoms with Crippen LogP contribution in [0.4, 0.5) is 0 Å². The highest BCUT2D eigenvalue weighted by molar-refractivity contribution is 5.95. The molecular formula is C13H18N2O2. The van der Waals surface area contributed by atoms with E-state index in [-0.39, 0.29) is 5.91 Å². The molecule has 1 amide bonds. The minimum atomic E-state index is -0.268. The number of hydrazine groups is 1. The molecule has 0 aliphatic heterocycles. The topological polar surface area (TPSA) is 64.3 Å². The van der Waals surface area contributed by atoms with Crippen molar-refractivity contribution in [1.29, 1.82) is 0 Å². The van der Waals surface area contributed by atoms with Crippen LogP contribution in [0.15, 0.2) is 24.3 Å². The Hall–Kier alpha value is -1.39. The summed E-state index contributed by atoms with van der Waals surface area (Å²) in [7, 11) is 0. The molecule has 3 N–H and O–H groups in total. The largest absolute Gasteiger partial charge is 0.374 e. The fourth-order valence-corrected chi connectivity index (χ4v) is 2.21. The van der Waals surface area contributed by atoms with Crippen LogP contribution < -0.4 is 11.3 Å². The number of nitrogen functional groups attached to an aromatic ring is 1. The van der Waals surface area contributed by atoms with Crippen molar-refractivity contribution in [2.24, 2.45) is 5.84 Å². The minimum absolute atomic E-state index is 0.268. The molecule has 1 aliphatic rings. The van der Waals surface area contributed by atoms with Crippen LogP contribution in [0.3, 0.4) is 0 Å². The Labute approximate surface area is 101 Å². The molecule has 92 valence electrons. The second-order valence-electron chi connectivity index (χ2n) is 4.35. The Morgan fingerprint density at radius 1 is 1.35 bits per heavy atom. The molecule has 0 spiro atoms. The fraction of sp³-hybridized carbons (Fsp3) is 0.462. The number of carbonyl (C=O) groups excluding carboxylic acids is 1. The van der Waals surface area contributed by atoms with Crippen molar-refractivity contribution in [2.75, 3.05) is 0 Å². The number of hydrogen-bond donors (Lipinski definition) is 2. The summed E-state index contributed by atoms with van der Waals surface area (Å²) in [5.74, 6) is 4.88. The molecule has 1 aromatic carbocycles. The number of hydrogen-bond acceptors (Lipinski definition) is 3. The predicted molar refractivity (Wildman–Crippen MR) is 65.1 cm³/mol. The molecule has 2 rings (SSSR count). The highest BCUT2D eigenvalue weighted by Crippen LogP contribution is 2.22. The maximum atomic E-state index is 11.5. The zero-order chi connectivity index (χ0) is 12.1. The zero-order valence-corrected chi connectivity index (χ0v) is 9.82. The Morgan fingerprint density at radius 3 is 2.76 bits per heavy atom. The van der Waals surface area contributed by atoms with Crippen LogP contribution in [0, 0.1) is 0 Å². The molecule has 0 atom stereocenters. The summed E-state index contributed by atoms with van der Waals surface area (Å²) in [4.78, 5) is 11.5. The third kappa shape index (κ3) is 3.05. The van der Waals surface area contributed by atoms with Crippen LogP contribution in [0.1, 0.15) is 41.6 Å². The van der Waals surface area contributed by atoms with E-state index in [1.165, 1.54) is 12.8 Å². The van der Waals surface area contributed by atoms with Crippen molar-refractivity contribution >= 4 is 5.91 Å². The quantitative estimate of drug-likeness (QED) is 0.474. The van der Waals surface area contributed by atoms with Gasteiger partial charge >= 0.3 is 0 Å². The lowest BCUT2D eigenvalue weighted by atomic mass is 10.1. The van der Waals surface area contributed by atoms with Crippen LogP contribution in [0.5, 0.6) is 0 Å². The highest BCUT2D eigenvalue weighted by atomic mass is 16.5. The van der Waals surface area contributed by atoms with E-state index in [4.69, 9.17) is 10.6 Å². The lowest BCUT2D eigenvalue weighted by Crippen LogP contribution is -2.31. The van der Waals surface area contributed by atoms with Gasteiger partial charge in [-0.25, -0.2) is 5.84 Å². The Kier molecular flexibility index (Phi) is 4.12. The monoisotopic (exact) mass is 234 g/mol. The molecule has 1 aromatic rings. The predicted octanol–water partition coefficient (Wildman–Crippen LogP) is 1.75. The summed E-state index contributed by atoms with van der Waals surface area (Å²) >= 11 is 0. The van der Waals surface area contributed by atoms with Crippen LogP contribution in [0.25, 0.3) is 0 Å². The average molecular weight is 234 g/mol. The summed E-state index contributed by atoms with van der Waals surface area (Å²) < 4.78 is 5.80. The van der Waals surface area contributed by atoms with Gasteiger partial charge in [0.05, 0.1) is 12.7 Å². The van der Waals surface area contributed by atoms with Gasteiger partial charge in [0.1, 0.15) is 0 Å². The lowest BCUT2D eigenvalue weighted by molar-refractivity contribution is 0.0450. The molecule has 0 saturated heterocycles. The summed E-state index contributed by atoms with van der Waals surface area (Å²) in [6.07, 6.45) is 5.10. The van der Waals surface area contributed by atoms with Crippen molar-refractivity contribution in [3.63, 3.8) is 0 Å². The van der Waals surface area contributed by atoms with Crippen LogP contribution >= 0.6 is 0 Å². The van der Waals surface area contributed by atoms with Gasteiger partial charge in [0, 0.05) is 5.56 Å². The van der Waals surface area contributed by atoms with Gasteiger partial charge in [0.2, 0.25) is 0 Å². The maximum absolute atomic E-state index is 11.5. The second-order valence-corrected chi connectivity index (χ2v) is 4.35. The van der Waals surface area contributed by atoms with Gasteiger partial charge < -0.3 is 4.74 Å². The van der Waals surface area contributed by atoms with Crippen molar-refractivity contribution < 1.29 is 9.53 Å². The Bertz CT molecular complexity index is 387. The molecule has 4 nitrogen and oxygen atoms in total. The van der Waals surface area contributed by atoms with E-state index in [0.29, 0.717) is 18.3 Å². The van der Waals surface area contributed by atoms with Gasteiger partial charge in [-0.2, -0.15) is 0 Å². The smallest absolute Gasteiger partial charge is 0.265 e. The Morgan fingerprint density at radius 2 is 2.06 bits per heavy atom. The summed E-state index contributed by atoms with van der Waals surface area (Å²) in [5.41, 5.74) is 3.64. The molecule has 4 heteroatoms. The molecule has 0 bridgehead atoms. The SMILES string of the molecule is NNC(=O)c1ccccc1COC1CCCC1. The summed E-state index contributed by atoms with van der Waals surface area (Å²) in [6.45, 7) is 0.480. The number of nitrogens with one attached hydrogen (secondary N) is 1. The van der Waals surface area contributed by atoms with E-state index < -0.39 is 0 Å². The van der Waals surface area contributed by atoms with E-state index >= 15 is 0 Å². The molecule has 0 aromatic heterocycles. The molecule has 1 fully saturated rings. The number of carbonyl (C=O) groups is 1. The van der Waals surface area contributed by atoms with Gasteiger partial charge in [-0.05, 0) is 24.5 Å². The van der Waals surface area contributed by atoms with E-state index in [1.807, 2.05) is 18.2 Å². The van der Waals surface area contributed by atoms with Crippen LogP contribution in [-0.2, 0) is 11.3 Å². The first kappa shape index (κ1) is 12.1. The van der Waals surface area contributed by atoms with E-state index in [1.54, 1.807) is 6.07 Å². The normalized spacial score (nSPS) is 16.1. The van der Waals surface area contributed by atoms with E-state index in [9.17, 15) is 4.79 Å². The van der Waals surface area contributed by atoms with Gasteiger partial charge in [-0.15, -0.1) is 0 Å². The minimum Gasteiger partial charge on any atom is -0.374 e. The third-order valence-corrected chi connectivity index (χ3v) is 3.17. The van der Waals surface area contributed by atoms with Gasteiger partial charge in [0.25, 0.3) is 5.91 Å². The third-order valence-electron chi connectivity index (χ3n) is 3.17. The van der Waals surface area contributed by atoms with Gasteiger partial charge in [-0.1, -0.05) is 31.0 Å². The van der Waals surface area contributed by atoms with Crippen molar-refractivity contribution in [1.82, 2.24) is 5.43 Å². The zero-order valence-electron chi connectivity index (χ0n) is 9.82. The first-order chi connectivity index (χ1) is 8.31. The van der Waals surface area contributed by atoms with E-state index in [2.05, 4.69) is 5.43 Å². The summed E-state index contributed by atoms with van der Waals surface area (Å²) in [5, 5.41) is 0. The van der Waals surface area contributed by atoms with E-state index in [0.717, 1.165) is 18.4 Å². The van der Waals surface area contributed by atoms with Gasteiger partial charge in [0.15, 0.2) is 0 Å². The molecule has 0 heterocycles. The molecular weight excluding hydrogens is 216 g/mol. The highest BCUT2D eigenvalue weighted by Gasteiger charge is 2.16. The molecule has 0 unspecified atom stereocenters. The molecule has 1 saturated carbocycles. The first-order valence-electron chi connectivity index (χ1n) is 6.01. The molecule has 17 heavy (non-hydrogen) atoms. The number of benzene rings is 1. The molecule has 0 radical (unpaired) electrons. The number of rotatable bonds is 4. The van der Waals surface area contributed by atoms with Gasteiger partial charge in [-0.3, -0.25) is 10.2 Å². The van der Waals surface area contributed by atoms with Crippen LogP contribution in [0.2, 0.25) is 0 Å². The van der Waals surface area contributed by atoms with Crippen LogP contribution in [-0.4, -0.2) is 12.0 Å². The average Bonchev–Trinajstić information content (AvgIpc) is 2.89. The molecule has 1 aliphatic carbocycles. The maximum Gasteiger partial charge on any atom is 0.265 e. The van der Waals surface area contributed by atoms with Crippen molar-refractivity contribution in [3.8, 4) is 0 Å². The number of ether oxygens (including phenoxy) is 1. The number of nitrogens with two attached hydrogens (primary N) is 1. The standard InChI is InChI=1S/C13H18N2O2/c14-15-13(16)12-8-4-1-5-10(12)9-17-11-6-2-3-7-11/h1,4-5,8,11H,2-3,6-7,9,14H2,(H,15,16). The van der Waals surface area contributed by atoms with Crippen molar-refractivity contribution in [3.05, 3.63) is 35.4 Å².